The van der Waals surface area contributed by atoms with Crippen LogP contribution in [-0.4, -0.2) is 53.9 Å². The third-order valence-electron chi connectivity index (χ3n) is 7.60. The normalized spacial score (nSPS) is 14.7. The lowest BCUT2D eigenvalue weighted by atomic mass is 9.89. The van der Waals surface area contributed by atoms with Gasteiger partial charge in [-0.15, -0.1) is 0 Å². The van der Waals surface area contributed by atoms with E-state index < -0.39 is 12.0 Å². The highest BCUT2D eigenvalue weighted by Crippen LogP contribution is 2.48. The van der Waals surface area contributed by atoms with Gasteiger partial charge in [-0.1, -0.05) is 12.1 Å². The quantitative estimate of drug-likeness (QED) is 0.217. The van der Waals surface area contributed by atoms with Crippen molar-refractivity contribution in [1.29, 1.82) is 0 Å². The molecule has 0 radical (unpaired) electrons. The first-order valence-corrected chi connectivity index (χ1v) is 13.9. The summed E-state index contributed by atoms with van der Waals surface area (Å²) in [6.45, 7) is 6.23. The van der Waals surface area contributed by atoms with Gasteiger partial charge in [0.15, 0.2) is 0 Å². The smallest absolute Gasteiger partial charge is 0.342 e. The number of benzene rings is 3. The Kier molecular flexibility index (Phi) is 7.78. The predicted molar refractivity (Wildman–Crippen MR) is 155 cm³/mol. The molecule has 0 amide bonds. The largest absolute Gasteiger partial charge is 0.507 e. The number of hydrogen-bond acceptors (Lipinski definition) is 8. The van der Waals surface area contributed by atoms with E-state index in [2.05, 4.69) is 9.88 Å². The Hall–Kier alpha value is -4.47. The minimum atomic E-state index is -0.511. The molecule has 1 fully saturated rings. The molecule has 5 aromatic rings. The molecule has 42 heavy (non-hydrogen) atoms. The van der Waals surface area contributed by atoms with Gasteiger partial charge in [0.1, 0.15) is 40.8 Å². The van der Waals surface area contributed by atoms with Crippen LogP contribution in [0.5, 0.6) is 11.5 Å². The van der Waals surface area contributed by atoms with E-state index in [-0.39, 0.29) is 24.8 Å². The van der Waals surface area contributed by atoms with E-state index in [1.807, 2.05) is 18.2 Å². The number of aromatic nitrogens is 1. The summed E-state index contributed by atoms with van der Waals surface area (Å²) in [5, 5.41) is 13.8. The van der Waals surface area contributed by atoms with Crippen molar-refractivity contribution in [1.82, 2.24) is 9.88 Å². The fourth-order valence-electron chi connectivity index (χ4n) is 5.67. The molecule has 0 bridgehead atoms. The van der Waals surface area contributed by atoms with Crippen LogP contribution in [0.2, 0.25) is 0 Å². The van der Waals surface area contributed by atoms with Gasteiger partial charge in [0, 0.05) is 47.2 Å². The maximum absolute atomic E-state index is 13.4. The molecule has 3 heterocycles. The van der Waals surface area contributed by atoms with Gasteiger partial charge >= 0.3 is 5.97 Å². The highest BCUT2D eigenvalue weighted by Gasteiger charge is 2.34. The summed E-state index contributed by atoms with van der Waals surface area (Å²) >= 11 is 0. The van der Waals surface area contributed by atoms with Crippen LogP contribution in [0.3, 0.4) is 0 Å². The van der Waals surface area contributed by atoms with Gasteiger partial charge in [0.25, 0.3) is 0 Å². The van der Waals surface area contributed by atoms with Crippen LogP contribution in [0.25, 0.3) is 21.7 Å². The molecule has 8 nitrogen and oxygen atoms in total. The van der Waals surface area contributed by atoms with E-state index in [4.69, 9.17) is 18.6 Å². The van der Waals surface area contributed by atoms with Gasteiger partial charge in [-0.3, -0.25) is 9.88 Å². The lowest BCUT2D eigenvalue weighted by Crippen LogP contribution is -2.39. The van der Waals surface area contributed by atoms with Gasteiger partial charge < -0.3 is 23.7 Å². The molecule has 1 aliphatic heterocycles. The fraction of sp³-hybridized carbons (Fsp3) is 0.273. The summed E-state index contributed by atoms with van der Waals surface area (Å²) in [6, 6.07) is 14.9. The van der Waals surface area contributed by atoms with Gasteiger partial charge in [0.2, 0.25) is 0 Å². The summed E-state index contributed by atoms with van der Waals surface area (Å²) in [5.41, 5.74) is 3.03. The number of hydrogen-bond donors (Lipinski definition) is 1. The third-order valence-corrected chi connectivity index (χ3v) is 7.60. The summed E-state index contributed by atoms with van der Waals surface area (Å²) in [4.78, 5) is 19.7. The van der Waals surface area contributed by atoms with Crippen molar-refractivity contribution in [2.24, 2.45) is 0 Å². The lowest BCUT2D eigenvalue weighted by Gasteiger charge is -2.36. The van der Waals surface area contributed by atoms with E-state index in [1.165, 1.54) is 12.1 Å². The first kappa shape index (κ1) is 27.7. The van der Waals surface area contributed by atoms with Crippen LogP contribution in [-0.2, 0) is 16.1 Å². The number of phenols is 1. The molecular weight excluding hydrogens is 539 g/mol. The fourth-order valence-corrected chi connectivity index (χ4v) is 5.67. The predicted octanol–water partition coefficient (Wildman–Crippen LogP) is 6.31. The second kappa shape index (κ2) is 11.8. The second-order valence-electron chi connectivity index (χ2n) is 10.2. The first-order chi connectivity index (χ1) is 20.5. The van der Waals surface area contributed by atoms with Gasteiger partial charge in [-0.25, -0.2) is 9.18 Å². The minimum Gasteiger partial charge on any atom is -0.507 e. The molecule has 0 spiro atoms. The number of aromatic hydroxyl groups is 1. The monoisotopic (exact) mass is 570 g/mol. The molecule has 1 aliphatic rings. The Bertz CT molecular complexity index is 1730. The Morgan fingerprint density at radius 3 is 2.52 bits per heavy atom. The van der Waals surface area contributed by atoms with Gasteiger partial charge in [0.05, 0.1) is 25.9 Å². The summed E-state index contributed by atoms with van der Waals surface area (Å²) in [7, 11) is 0. The van der Waals surface area contributed by atoms with Crippen molar-refractivity contribution in [3.05, 3.63) is 101 Å². The number of furan rings is 1. The van der Waals surface area contributed by atoms with Crippen LogP contribution in [0, 0.1) is 12.7 Å². The number of esters is 1. The standard InChI is InChI=1S/C33H31FN2O6/c1-3-40-33(38)27-20(2)42-32-25-9-8-24(41-19-21-4-6-23(34)7-5-21)18-26(25)31(37)29(28(27)32)30(22-10-12-35-13-11-22)36-14-16-39-17-15-36/h4-13,18,30,37H,3,14-17,19H2,1-2H3. The van der Waals surface area contributed by atoms with Crippen molar-refractivity contribution in [2.75, 3.05) is 32.9 Å². The Labute approximate surface area is 242 Å². The molecule has 1 atom stereocenters. The van der Waals surface area contributed by atoms with Crippen LogP contribution < -0.4 is 4.74 Å². The van der Waals surface area contributed by atoms with Gasteiger partial charge in [-0.05, 0) is 67.4 Å². The SMILES string of the molecule is CCOC(=O)c1c(C)oc2c1c(C(c1ccncc1)N1CCOCC1)c(O)c1cc(OCc3ccc(F)cc3)ccc12. The van der Waals surface area contributed by atoms with E-state index in [0.29, 0.717) is 70.7 Å². The average molecular weight is 571 g/mol. The van der Waals surface area contributed by atoms with Crippen LogP contribution in [0.1, 0.15) is 45.8 Å². The van der Waals surface area contributed by atoms with Crippen molar-refractivity contribution >= 4 is 27.7 Å². The number of fused-ring (bicyclic) bond motifs is 3. The molecule has 6 rings (SSSR count). The highest BCUT2D eigenvalue weighted by molar-refractivity contribution is 6.17. The lowest BCUT2D eigenvalue weighted by molar-refractivity contribution is 0.0238. The van der Waals surface area contributed by atoms with Crippen molar-refractivity contribution in [2.45, 2.75) is 26.5 Å². The number of phenolic OH excluding ortho intramolecular Hbond substituents is 1. The minimum absolute atomic E-state index is 0.0179. The number of pyridine rings is 1. The molecule has 1 unspecified atom stereocenters. The summed E-state index contributed by atoms with van der Waals surface area (Å²) < 4.78 is 36.8. The van der Waals surface area contributed by atoms with Gasteiger partial charge in [-0.2, -0.15) is 0 Å². The highest BCUT2D eigenvalue weighted by atomic mass is 19.1. The third kappa shape index (κ3) is 5.17. The molecule has 0 saturated carbocycles. The zero-order valence-corrected chi connectivity index (χ0v) is 23.4. The van der Waals surface area contributed by atoms with E-state index in [0.717, 1.165) is 11.1 Å². The average Bonchev–Trinajstić information content (AvgIpc) is 3.36. The zero-order chi connectivity index (χ0) is 29.2. The van der Waals surface area contributed by atoms with E-state index in [9.17, 15) is 14.3 Å². The van der Waals surface area contributed by atoms with Crippen molar-refractivity contribution in [3.8, 4) is 11.5 Å². The first-order valence-electron chi connectivity index (χ1n) is 13.9. The number of rotatable bonds is 8. The number of nitrogens with zero attached hydrogens (tertiary/aromatic N) is 2. The molecule has 1 N–H and O–H groups in total. The number of morpholine rings is 1. The molecule has 2 aromatic heterocycles. The molecular formula is C33H31FN2O6. The number of aryl methyl sites for hydroxylation is 1. The van der Waals surface area contributed by atoms with Crippen molar-refractivity contribution < 1.29 is 32.9 Å². The molecule has 0 aliphatic carbocycles. The number of carbonyl (C=O) groups excluding carboxylic acids is 1. The summed E-state index contributed by atoms with van der Waals surface area (Å²) in [6.07, 6.45) is 3.43. The summed E-state index contributed by atoms with van der Waals surface area (Å²) in [5.74, 6) is 0.121. The zero-order valence-electron chi connectivity index (χ0n) is 23.4. The second-order valence-corrected chi connectivity index (χ2v) is 10.2. The number of ether oxygens (including phenoxy) is 3. The topological polar surface area (TPSA) is 94.3 Å². The Balaban J connectivity index is 1.58. The van der Waals surface area contributed by atoms with E-state index >= 15 is 0 Å². The number of carbonyl (C=O) groups is 1. The van der Waals surface area contributed by atoms with E-state index in [1.54, 1.807) is 50.5 Å². The van der Waals surface area contributed by atoms with Crippen LogP contribution in [0.4, 0.5) is 4.39 Å². The molecule has 9 heteroatoms. The molecule has 3 aromatic carbocycles. The van der Waals surface area contributed by atoms with Crippen LogP contribution >= 0.6 is 0 Å². The molecule has 1 saturated heterocycles. The molecule has 216 valence electrons. The van der Waals surface area contributed by atoms with Crippen LogP contribution in [0.15, 0.2) is 71.4 Å². The maximum Gasteiger partial charge on any atom is 0.342 e. The Morgan fingerprint density at radius 1 is 1.07 bits per heavy atom. The number of halogens is 1. The van der Waals surface area contributed by atoms with Crippen molar-refractivity contribution in [3.63, 3.8) is 0 Å². The Morgan fingerprint density at radius 2 is 1.81 bits per heavy atom. The maximum atomic E-state index is 13.4.